The van der Waals surface area contributed by atoms with Gasteiger partial charge in [0.15, 0.2) is 5.69 Å². The van der Waals surface area contributed by atoms with Crippen LogP contribution >= 0.6 is 0 Å². The van der Waals surface area contributed by atoms with Gasteiger partial charge in [-0.15, -0.1) is 5.10 Å². The molecule has 1 aromatic heterocycles. The van der Waals surface area contributed by atoms with Crippen LogP contribution in [-0.4, -0.2) is 34.0 Å². The Morgan fingerprint density at radius 2 is 1.88 bits per heavy atom. The van der Waals surface area contributed by atoms with Crippen LogP contribution in [0.5, 0.6) is 0 Å². The smallest absolute Gasteiger partial charge is 0.274 e. The molecule has 2 aromatic rings. The lowest BCUT2D eigenvalue weighted by Crippen LogP contribution is -2.30. The van der Waals surface area contributed by atoms with Gasteiger partial charge in [-0.05, 0) is 49.4 Å². The largest absolute Gasteiger partial charge is 0.347 e. The standard InChI is InChI=1S/C20H29N5O/c1-14-18(23-24-25(14)17-9-11-21-12-10-17)19(26)22-13-15-5-7-16(8-6-15)20(2,3)4/h5-8,17,21H,9-13H2,1-4H3,(H,22,26). The molecule has 1 saturated heterocycles. The zero-order chi connectivity index (χ0) is 18.7. The maximum absolute atomic E-state index is 12.5. The molecule has 2 N–H and O–H groups in total. The van der Waals surface area contributed by atoms with Gasteiger partial charge in [-0.2, -0.15) is 0 Å². The van der Waals surface area contributed by atoms with E-state index in [0.717, 1.165) is 37.2 Å². The summed E-state index contributed by atoms with van der Waals surface area (Å²) in [5.41, 5.74) is 3.77. The zero-order valence-electron chi connectivity index (χ0n) is 16.2. The third kappa shape index (κ3) is 4.12. The average molecular weight is 355 g/mol. The Labute approximate surface area is 155 Å². The van der Waals surface area contributed by atoms with Gasteiger partial charge in [-0.1, -0.05) is 50.3 Å². The molecule has 0 atom stereocenters. The van der Waals surface area contributed by atoms with Crippen molar-refractivity contribution in [2.45, 2.75) is 58.5 Å². The minimum absolute atomic E-state index is 0.131. The van der Waals surface area contributed by atoms with Crippen LogP contribution in [-0.2, 0) is 12.0 Å². The maximum atomic E-state index is 12.5. The van der Waals surface area contributed by atoms with E-state index < -0.39 is 0 Å². The van der Waals surface area contributed by atoms with Gasteiger partial charge in [0.25, 0.3) is 5.91 Å². The minimum atomic E-state index is -0.164. The fourth-order valence-electron chi connectivity index (χ4n) is 3.34. The summed E-state index contributed by atoms with van der Waals surface area (Å²) in [5.74, 6) is -0.164. The lowest BCUT2D eigenvalue weighted by atomic mass is 9.87. The summed E-state index contributed by atoms with van der Waals surface area (Å²) >= 11 is 0. The van der Waals surface area contributed by atoms with Crippen molar-refractivity contribution in [2.75, 3.05) is 13.1 Å². The summed E-state index contributed by atoms with van der Waals surface area (Å²) in [6, 6.07) is 8.72. The molecular weight excluding hydrogens is 326 g/mol. The molecule has 1 aliphatic heterocycles. The van der Waals surface area contributed by atoms with E-state index in [4.69, 9.17) is 0 Å². The number of hydrogen-bond donors (Lipinski definition) is 2. The summed E-state index contributed by atoms with van der Waals surface area (Å²) in [6.07, 6.45) is 2.04. The van der Waals surface area contributed by atoms with Gasteiger partial charge in [0.1, 0.15) is 0 Å². The van der Waals surface area contributed by atoms with Gasteiger partial charge in [-0.3, -0.25) is 4.79 Å². The Morgan fingerprint density at radius 1 is 1.23 bits per heavy atom. The number of rotatable bonds is 4. The highest BCUT2D eigenvalue weighted by molar-refractivity contribution is 5.93. The topological polar surface area (TPSA) is 71.8 Å². The van der Waals surface area contributed by atoms with Gasteiger partial charge in [0.05, 0.1) is 11.7 Å². The Balaban J connectivity index is 1.62. The second kappa shape index (κ2) is 7.58. The first-order valence-corrected chi connectivity index (χ1v) is 9.36. The number of carbonyl (C=O) groups excluding carboxylic acids is 1. The van der Waals surface area contributed by atoms with Crippen LogP contribution in [0.2, 0.25) is 0 Å². The lowest BCUT2D eigenvalue weighted by Gasteiger charge is -2.23. The predicted molar refractivity (Wildman–Crippen MR) is 102 cm³/mol. The van der Waals surface area contributed by atoms with Crippen molar-refractivity contribution in [3.8, 4) is 0 Å². The molecule has 0 radical (unpaired) electrons. The molecule has 0 bridgehead atoms. The monoisotopic (exact) mass is 355 g/mol. The molecule has 0 aliphatic carbocycles. The van der Waals surface area contributed by atoms with Gasteiger partial charge in [-0.25, -0.2) is 4.68 Å². The van der Waals surface area contributed by atoms with Crippen LogP contribution in [0.1, 0.15) is 67.0 Å². The summed E-state index contributed by atoms with van der Waals surface area (Å²) in [7, 11) is 0. The number of aromatic nitrogens is 3. The molecule has 2 heterocycles. The molecule has 6 nitrogen and oxygen atoms in total. The first-order chi connectivity index (χ1) is 12.4. The highest BCUT2D eigenvalue weighted by atomic mass is 16.2. The fraction of sp³-hybridized carbons (Fsp3) is 0.550. The highest BCUT2D eigenvalue weighted by Crippen LogP contribution is 2.22. The molecule has 1 aromatic carbocycles. The van der Waals surface area contributed by atoms with E-state index in [1.807, 2.05) is 11.6 Å². The molecule has 1 fully saturated rings. The zero-order valence-corrected chi connectivity index (χ0v) is 16.2. The van der Waals surface area contributed by atoms with Crippen LogP contribution in [0.3, 0.4) is 0 Å². The quantitative estimate of drug-likeness (QED) is 0.885. The Kier molecular flexibility index (Phi) is 5.41. The average Bonchev–Trinajstić information content (AvgIpc) is 3.01. The van der Waals surface area contributed by atoms with E-state index in [1.54, 1.807) is 0 Å². The maximum Gasteiger partial charge on any atom is 0.274 e. The Morgan fingerprint density at radius 3 is 2.50 bits per heavy atom. The van der Waals surface area contributed by atoms with Gasteiger partial charge < -0.3 is 10.6 Å². The SMILES string of the molecule is Cc1c(C(=O)NCc2ccc(C(C)(C)C)cc2)nnn1C1CCNCC1. The molecule has 6 heteroatoms. The first-order valence-electron chi connectivity index (χ1n) is 9.36. The number of carbonyl (C=O) groups is 1. The van der Waals surface area contributed by atoms with E-state index in [2.05, 4.69) is 66.0 Å². The number of benzene rings is 1. The second-order valence-corrected chi connectivity index (χ2v) is 8.08. The molecule has 3 rings (SSSR count). The predicted octanol–water partition coefficient (Wildman–Crippen LogP) is 2.74. The van der Waals surface area contributed by atoms with Crippen molar-refractivity contribution in [1.29, 1.82) is 0 Å². The normalized spacial score (nSPS) is 15.8. The van der Waals surface area contributed by atoms with Crippen LogP contribution in [0.4, 0.5) is 0 Å². The van der Waals surface area contributed by atoms with Crippen molar-refractivity contribution in [1.82, 2.24) is 25.6 Å². The highest BCUT2D eigenvalue weighted by Gasteiger charge is 2.22. The Bertz CT molecular complexity index is 751. The van der Waals surface area contributed by atoms with Crippen molar-refractivity contribution in [3.63, 3.8) is 0 Å². The molecule has 140 valence electrons. The summed E-state index contributed by atoms with van der Waals surface area (Å²) in [4.78, 5) is 12.5. The number of amides is 1. The van der Waals surface area contributed by atoms with Crippen LogP contribution in [0.15, 0.2) is 24.3 Å². The van der Waals surface area contributed by atoms with Crippen molar-refractivity contribution < 1.29 is 4.79 Å². The van der Waals surface area contributed by atoms with E-state index in [0.29, 0.717) is 18.3 Å². The molecule has 26 heavy (non-hydrogen) atoms. The van der Waals surface area contributed by atoms with Gasteiger partial charge in [0, 0.05) is 6.54 Å². The minimum Gasteiger partial charge on any atom is -0.347 e. The molecule has 0 unspecified atom stereocenters. The number of hydrogen-bond acceptors (Lipinski definition) is 4. The van der Waals surface area contributed by atoms with E-state index >= 15 is 0 Å². The summed E-state index contributed by atoms with van der Waals surface area (Å²) < 4.78 is 1.91. The third-order valence-corrected chi connectivity index (χ3v) is 5.07. The summed E-state index contributed by atoms with van der Waals surface area (Å²) in [5, 5.41) is 14.7. The van der Waals surface area contributed by atoms with E-state index in [-0.39, 0.29) is 11.3 Å². The first kappa shape index (κ1) is 18.6. The fourth-order valence-corrected chi connectivity index (χ4v) is 3.34. The molecule has 0 saturated carbocycles. The van der Waals surface area contributed by atoms with Crippen molar-refractivity contribution in [2.24, 2.45) is 0 Å². The van der Waals surface area contributed by atoms with Crippen LogP contribution in [0.25, 0.3) is 0 Å². The summed E-state index contributed by atoms with van der Waals surface area (Å²) in [6.45, 7) is 11.0. The van der Waals surface area contributed by atoms with Crippen molar-refractivity contribution in [3.05, 3.63) is 46.8 Å². The van der Waals surface area contributed by atoms with E-state index in [9.17, 15) is 4.79 Å². The van der Waals surface area contributed by atoms with Crippen molar-refractivity contribution >= 4 is 5.91 Å². The number of piperidine rings is 1. The molecular formula is C20H29N5O. The molecule has 0 spiro atoms. The van der Waals surface area contributed by atoms with Crippen LogP contribution < -0.4 is 10.6 Å². The number of nitrogens with zero attached hydrogens (tertiary/aromatic N) is 3. The van der Waals surface area contributed by atoms with E-state index in [1.165, 1.54) is 5.56 Å². The Hall–Kier alpha value is -2.21. The molecule has 1 aliphatic rings. The second-order valence-electron chi connectivity index (χ2n) is 8.08. The van der Waals surface area contributed by atoms with Gasteiger partial charge in [0.2, 0.25) is 0 Å². The number of nitrogens with one attached hydrogen (secondary N) is 2. The lowest BCUT2D eigenvalue weighted by molar-refractivity contribution is 0.0945. The van der Waals surface area contributed by atoms with Gasteiger partial charge >= 0.3 is 0 Å². The third-order valence-electron chi connectivity index (χ3n) is 5.07. The molecule has 1 amide bonds. The van der Waals surface area contributed by atoms with Crippen LogP contribution in [0, 0.1) is 6.92 Å².